The topological polar surface area (TPSA) is 128 Å². The van der Waals surface area contributed by atoms with E-state index in [1.807, 2.05) is 37.3 Å². The molecule has 0 aliphatic carbocycles. The van der Waals surface area contributed by atoms with Gasteiger partial charge in [-0.05, 0) is 62.6 Å². The minimum Gasteiger partial charge on any atom is -0.383 e. The molecule has 4 aromatic rings. The van der Waals surface area contributed by atoms with Gasteiger partial charge < -0.3 is 20.7 Å². The van der Waals surface area contributed by atoms with Gasteiger partial charge in [-0.15, -0.1) is 0 Å². The third-order valence-electron chi connectivity index (χ3n) is 7.81. The van der Waals surface area contributed by atoms with Gasteiger partial charge in [0.15, 0.2) is 0 Å². The van der Waals surface area contributed by atoms with E-state index >= 15 is 0 Å². The number of anilines is 2. The molecule has 3 unspecified atom stereocenters. The van der Waals surface area contributed by atoms with Crippen LogP contribution >= 0.6 is 0 Å². The van der Waals surface area contributed by atoms with Crippen molar-refractivity contribution in [3.05, 3.63) is 54.0 Å². The summed E-state index contributed by atoms with van der Waals surface area (Å²) in [5.74, 6) is -0.708. The van der Waals surface area contributed by atoms with Gasteiger partial charge in [-0.1, -0.05) is 25.1 Å². The average molecular weight is 528 g/mol. The molecule has 0 bridgehead atoms. The lowest BCUT2D eigenvalue weighted by Gasteiger charge is -2.38. The van der Waals surface area contributed by atoms with Crippen LogP contribution in [0, 0.1) is 12.8 Å². The van der Waals surface area contributed by atoms with Gasteiger partial charge in [0.1, 0.15) is 17.6 Å². The molecule has 2 saturated heterocycles. The molecule has 2 amide bonds. The summed E-state index contributed by atoms with van der Waals surface area (Å²) in [4.78, 5) is 37.6. The van der Waals surface area contributed by atoms with Crippen molar-refractivity contribution < 1.29 is 14.3 Å². The Bertz CT molecular complexity index is 1560. The number of carbonyl (C=O) groups is 2. The summed E-state index contributed by atoms with van der Waals surface area (Å²) in [5, 5.41) is 9.08. The fourth-order valence-corrected chi connectivity index (χ4v) is 5.69. The highest BCUT2D eigenvalue weighted by Gasteiger charge is 2.35. The van der Waals surface area contributed by atoms with Crippen molar-refractivity contribution >= 4 is 45.1 Å². The molecule has 1 aromatic carbocycles. The SMILES string of the molecule is Cc1ccc2ccc(C3CCC(C)CN3C(=O)C(=O)Nc3cnc(N)c4cn(C5CCCCO5)nc34)cc2n1. The Labute approximate surface area is 226 Å². The fourth-order valence-electron chi connectivity index (χ4n) is 5.69. The molecular formula is C29H33N7O3. The molecule has 0 radical (unpaired) electrons. The number of benzene rings is 1. The van der Waals surface area contributed by atoms with Crippen molar-refractivity contribution in [2.75, 3.05) is 24.2 Å². The smallest absolute Gasteiger partial charge is 0.314 e. The summed E-state index contributed by atoms with van der Waals surface area (Å²) in [6, 6.07) is 9.92. The molecule has 6 rings (SSSR count). The highest BCUT2D eigenvalue weighted by molar-refractivity contribution is 6.40. The number of ether oxygens (including phenoxy) is 1. The highest BCUT2D eigenvalue weighted by Crippen LogP contribution is 2.35. The Morgan fingerprint density at radius 3 is 2.79 bits per heavy atom. The third kappa shape index (κ3) is 4.92. The molecule has 3 aromatic heterocycles. The van der Waals surface area contributed by atoms with Crippen LogP contribution in [-0.2, 0) is 14.3 Å². The summed E-state index contributed by atoms with van der Waals surface area (Å²) >= 11 is 0. The van der Waals surface area contributed by atoms with Gasteiger partial charge in [0, 0.05) is 30.4 Å². The van der Waals surface area contributed by atoms with Crippen LogP contribution < -0.4 is 11.1 Å². The maximum Gasteiger partial charge on any atom is 0.314 e. The van der Waals surface area contributed by atoms with Crippen molar-refractivity contribution in [3.63, 3.8) is 0 Å². The maximum atomic E-state index is 13.6. The van der Waals surface area contributed by atoms with Crippen LogP contribution in [0.5, 0.6) is 0 Å². The standard InChI is InChI=1S/C29H33N7O3/c1-17-6-11-24(20-10-9-19-8-7-18(2)32-22(19)13-20)35(15-17)29(38)28(37)33-23-14-31-27(30)21-16-36(34-26(21)23)25-5-3-4-12-39-25/h7-10,13-14,16-17,24-25H,3-6,11-12,15H2,1-2H3,(H2,30,31)(H,33,37). The van der Waals surface area contributed by atoms with Crippen LogP contribution in [0.15, 0.2) is 42.7 Å². The first-order valence-electron chi connectivity index (χ1n) is 13.6. The molecule has 10 heteroatoms. The van der Waals surface area contributed by atoms with E-state index in [0.717, 1.165) is 54.3 Å². The molecule has 2 fully saturated rings. The predicted molar refractivity (Wildman–Crippen MR) is 149 cm³/mol. The Balaban J connectivity index is 1.27. The van der Waals surface area contributed by atoms with Gasteiger partial charge >= 0.3 is 11.8 Å². The molecule has 2 aliphatic heterocycles. The van der Waals surface area contributed by atoms with E-state index in [1.165, 1.54) is 6.20 Å². The lowest BCUT2D eigenvalue weighted by Crippen LogP contribution is -2.46. The van der Waals surface area contributed by atoms with Crippen LogP contribution in [0.3, 0.4) is 0 Å². The van der Waals surface area contributed by atoms with Gasteiger partial charge in [-0.3, -0.25) is 14.6 Å². The van der Waals surface area contributed by atoms with Gasteiger partial charge in [-0.2, -0.15) is 5.10 Å². The number of carbonyl (C=O) groups excluding carboxylic acids is 2. The number of nitrogens with two attached hydrogens (primary N) is 1. The maximum absolute atomic E-state index is 13.6. The quantitative estimate of drug-likeness (QED) is 0.375. The number of piperidine rings is 1. The molecule has 39 heavy (non-hydrogen) atoms. The Hall–Kier alpha value is -4.05. The monoisotopic (exact) mass is 527 g/mol. The molecule has 202 valence electrons. The number of nitrogens with one attached hydrogen (secondary N) is 1. The van der Waals surface area contributed by atoms with Crippen LogP contribution in [0.4, 0.5) is 11.5 Å². The Kier molecular flexibility index (Phi) is 6.64. The number of hydrogen-bond acceptors (Lipinski definition) is 7. The predicted octanol–water partition coefficient (Wildman–Crippen LogP) is 4.51. The number of likely N-dealkylation sites (tertiary alicyclic amines) is 1. The van der Waals surface area contributed by atoms with Gasteiger partial charge in [0.05, 0.1) is 28.8 Å². The number of nitrogen functional groups attached to an aromatic ring is 1. The van der Waals surface area contributed by atoms with E-state index in [1.54, 1.807) is 15.8 Å². The van der Waals surface area contributed by atoms with E-state index in [0.29, 0.717) is 35.6 Å². The van der Waals surface area contributed by atoms with E-state index in [4.69, 9.17) is 10.5 Å². The first kappa shape index (κ1) is 25.2. The van der Waals surface area contributed by atoms with E-state index in [9.17, 15) is 9.59 Å². The van der Waals surface area contributed by atoms with Crippen LogP contribution in [0.1, 0.15) is 62.6 Å². The van der Waals surface area contributed by atoms with Crippen LogP contribution in [0.25, 0.3) is 21.8 Å². The van der Waals surface area contributed by atoms with E-state index in [-0.39, 0.29) is 18.2 Å². The number of nitrogens with zero attached hydrogens (tertiary/aromatic N) is 5. The zero-order chi connectivity index (χ0) is 27.1. The Morgan fingerprint density at radius 1 is 1.13 bits per heavy atom. The summed E-state index contributed by atoms with van der Waals surface area (Å²) < 4.78 is 7.59. The van der Waals surface area contributed by atoms with E-state index < -0.39 is 11.8 Å². The number of hydrogen-bond donors (Lipinski definition) is 2. The van der Waals surface area contributed by atoms with Gasteiger partial charge in [0.25, 0.3) is 0 Å². The molecule has 5 heterocycles. The second-order valence-corrected chi connectivity index (χ2v) is 10.8. The third-order valence-corrected chi connectivity index (χ3v) is 7.81. The second-order valence-electron chi connectivity index (χ2n) is 10.8. The number of aryl methyl sites for hydroxylation is 1. The molecule has 10 nitrogen and oxygen atoms in total. The zero-order valence-corrected chi connectivity index (χ0v) is 22.3. The molecule has 2 aliphatic rings. The van der Waals surface area contributed by atoms with Gasteiger partial charge in [-0.25, -0.2) is 9.67 Å². The molecule has 0 saturated carbocycles. The van der Waals surface area contributed by atoms with Crippen molar-refractivity contribution in [2.24, 2.45) is 5.92 Å². The van der Waals surface area contributed by atoms with Crippen LogP contribution in [0.2, 0.25) is 0 Å². The van der Waals surface area contributed by atoms with Gasteiger partial charge in [0.2, 0.25) is 0 Å². The second kappa shape index (κ2) is 10.3. The largest absolute Gasteiger partial charge is 0.383 e. The normalized spacial score (nSPS) is 21.8. The summed E-state index contributed by atoms with van der Waals surface area (Å²) in [6.07, 6.45) is 7.73. The van der Waals surface area contributed by atoms with Crippen molar-refractivity contribution in [3.8, 4) is 0 Å². The molecule has 0 spiro atoms. The lowest BCUT2D eigenvalue weighted by atomic mass is 9.89. The van der Waals surface area contributed by atoms with Crippen molar-refractivity contribution in [2.45, 2.75) is 58.2 Å². The number of rotatable bonds is 3. The number of amides is 2. The molecule has 3 N–H and O–H groups in total. The van der Waals surface area contributed by atoms with E-state index in [2.05, 4.69) is 27.3 Å². The minimum atomic E-state index is -0.722. The number of pyridine rings is 2. The van der Waals surface area contributed by atoms with Crippen molar-refractivity contribution in [1.29, 1.82) is 0 Å². The number of aromatic nitrogens is 4. The summed E-state index contributed by atoms with van der Waals surface area (Å²) in [6.45, 7) is 5.24. The Morgan fingerprint density at radius 2 is 1.97 bits per heavy atom. The minimum absolute atomic E-state index is 0.188. The summed E-state index contributed by atoms with van der Waals surface area (Å²) in [5.41, 5.74) is 9.76. The number of fused-ring (bicyclic) bond motifs is 2. The summed E-state index contributed by atoms with van der Waals surface area (Å²) in [7, 11) is 0. The molecule has 3 atom stereocenters. The highest BCUT2D eigenvalue weighted by atomic mass is 16.5. The fraction of sp³-hybridized carbons (Fsp3) is 0.414. The lowest BCUT2D eigenvalue weighted by molar-refractivity contribution is -0.146. The average Bonchev–Trinajstić information content (AvgIpc) is 3.41. The van der Waals surface area contributed by atoms with Crippen molar-refractivity contribution in [1.82, 2.24) is 24.6 Å². The molecular weight excluding hydrogens is 494 g/mol. The first-order chi connectivity index (χ1) is 18.9. The zero-order valence-electron chi connectivity index (χ0n) is 22.3. The first-order valence-corrected chi connectivity index (χ1v) is 13.6. The van der Waals surface area contributed by atoms with Crippen LogP contribution in [-0.4, -0.2) is 49.6 Å².